The molecule has 2 aromatic rings. The summed E-state index contributed by atoms with van der Waals surface area (Å²) in [7, 11) is -5.22. The van der Waals surface area contributed by atoms with Crippen LogP contribution in [0.15, 0.2) is 59.5 Å². The van der Waals surface area contributed by atoms with Crippen LogP contribution in [0.1, 0.15) is 27.2 Å². The molecule has 0 heterocycles. The van der Waals surface area contributed by atoms with Gasteiger partial charge in [0, 0.05) is 6.61 Å². The Kier molecular flexibility index (Phi) is 6.89. The largest absolute Gasteiger partial charge is 0.457 e. The Morgan fingerprint density at radius 3 is 2.19 bits per heavy atom. The average molecular weight is 407 g/mol. The maximum Gasteiger partial charge on any atom is 0.191 e. The fourth-order valence-electron chi connectivity index (χ4n) is 2.27. The van der Waals surface area contributed by atoms with Crippen molar-refractivity contribution in [3.63, 3.8) is 0 Å². The van der Waals surface area contributed by atoms with Crippen LogP contribution in [0.25, 0.3) is 0 Å². The zero-order chi connectivity index (χ0) is 20.1. The maximum atomic E-state index is 12.7. The first-order valence-electron chi connectivity index (χ1n) is 9.21. The van der Waals surface area contributed by atoms with Crippen LogP contribution in [0, 0.1) is 0 Å². The third kappa shape index (κ3) is 6.19. The molecule has 27 heavy (non-hydrogen) atoms. The number of hydrogen-bond acceptors (Lipinski definition) is 4. The molecule has 0 unspecified atom stereocenters. The Morgan fingerprint density at radius 1 is 0.926 bits per heavy atom. The second kappa shape index (κ2) is 8.58. The van der Waals surface area contributed by atoms with E-state index in [-0.39, 0.29) is 15.7 Å². The SMILES string of the molecule is CC(C)(C)[Si](C)(C)OCCCS(=O)(=O)c1cccc(Oc2ccccc2)c1. The van der Waals surface area contributed by atoms with E-state index in [0.29, 0.717) is 24.5 Å². The average Bonchev–Trinajstić information content (AvgIpc) is 2.59. The van der Waals surface area contributed by atoms with Gasteiger partial charge in [-0.2, -0.15) is 0 Å². The van der Waals surface area contributed by atoms with Crippen molar-refractivity contribution in [2.24, 2.45) is 0 Å². The first-order chi connectivity index (χ1) is 12.5. The van der Waals surface area contributed by atoms with Gasteiger partial charge in [-0.05, 0) is 54.9 Å². The highest BCUT2D eigenvalue weighted by Gasteiger charge is 2.36. The zero-order valence-corrected chi connectivity index (χ0v) is 18.7. The smallest absolute Gasteiger partial charge is 0.191 e. The zero-order valence-electron chi connectivity index (χ0n) is 16.9. The minimum absolute atomic E-state index is 0.0659. The van der Waals surface area contributed by atoms with Crippen LogP contribution in [-0.4, -0.2) is 29.1 Å². The maximum absolute atomic E-state index is 12.7. The third-order valence-corrected chi connectivity index (χ3v) is 11.3. The summed E-state index contributed by atoms with van der Waals surface area (Å²) in [4.78, 5) is 0.281. The molecule has 0 aliphatic rings. The van der Waals surface area contributed by atoms with Crippen molar-refractivity contribution in [3.05, 3.63) is 54.6 Å². The van der Waals surface area contributed by atoms with Crippen LogP contribution in [-0.2, 0) is 14.3 Å². The number of rotatable bonds is 8. The minimum Gasteiger partial charge on any atom is -0.457 e. The van der Waals surface area contributed by atoms with Crippen molar-refractivity contribution in [2.45, 2.75) is 50.2 Å². The molecule has 0 N–H and O–H groups in total. The van der Waals surface area contributed by atoms with Crippen molar-refractivity contribution in [1.82, 2.24) is 0 Å². The fourth-order valence-corrected chi connectivity index (χ4v) is 4.67. The Balaban J connectivity index is 1.97. The monoisotopic (exact) mass is 406 g/mol. The summed E-state index contributed by atoms with van der Waals surface area (Å²) in [5.41, 5.74) is 0. The highest BCUT2D eigenvalue weighted by Crippen LogP contribution is 2.36. The molecule has 0 radical (unpaired) electrons. The van der Waals surface area contributed by atoms with Crippen molar-refractivity contribution in [1.29, 1.82) is 0 Å². The third-order valence-electron chi connectivity index (χ3n) is 4.97. The molecular formula is C21H30O4SSi. The number of para-hydroxylation sites is 1. The van der Waals surface area contributed by atoms with E-state index in [2.05, 4.69) is 33.9 Å². The molecule has 0 aromatic heterocycles. The van der Waals surface area contributed by atoms with Crippen LogP contribution < -0.4 is 4.74 Å². The summed E-state index contributed by atoms with van der Waals surface area (Å²) >= 11 is 0. The van der Waals surface area contributed by atoms with Crippen LogP contribution in [0.2, 0.25) is 18.1 Å². The van der Waals surface area contributed by atoms with Crippen molar-refractivity contribution >= 4 is 18.2 Å². The predicted molar refractivity (Wildman–Crippen MR) is 113 cm³/mol. The van der Waals surface area contributed by atoms with E-state index < -0.39 is 18.2 Å². The Hall–Kier alpha value is -1.63. The van der Waals surface area contributed by atoms with E-state index in [9.17, 15) is 8.42 Å². The molecule has 0 atom stereocenters. The quantitative estimate of drug-likeness (QED) is 0.419. The summed E-state index contributed by atoms with van der Waals surface area (Å²) in [6, 6.07) is 16.0. The van der Waals surface area contributed by atoms with E-state index in [4.69, 9.17) is 9.16 Å². The van der Waals surface area contributed by atoms with Gasteiger partial charge in [0.2, 0.25) is 0 Å². The first-order valence-corrected chi connectivity index (χ1v) is 13.8. The highest BCUT2D eigenvalue weighted by molar-refractivity contribution is 7.91. The Bertz CT molecular complexity index is 840. The van der Waals surface area contributed by atoms with E-state index in [1.165, 1.54) is 0 Å². The first kappa shape index (κ1) is 21.7. The van der Waals surface area contributed by atoms with Gasteiger partial charge in [0.15, 0.2) is 18.2 Å². The van der Waals surface area contributed by atoms with Crippen molar-refractivity contribution in [2.75, 3.05) is 12.4 Å². The molecule has 0 saturated carbocycles. The lowest BCUT2D eigenvalue weighted by molar-refractivity contribution is 0.288. The molecule has 0 amide bonds. The van der Waals surface area contributed by atoms with Crippen molar-refractivity contribution < 1.29 is 17.6 Å². The van der Waals surface area contributed by atoms with Crippen LogP contribution in [0.3, 0.4) is 0 Å². The second-order valence-electron chi connectivity index (χ2n) is 8.17. The molecule has 0 fully saturated rings. The summed E-state index contributed by atoms with van der Waals surface area (Å²) in [6.45, 7) is 11.3. The standard InChI is InChI=1S/C21H30O4SSi/c1-21(2,3)27(4,5)24-15-10-16-26(22,23)20-14-9-13-19(17-20)25-18-11-7-6-8-12-18/h6-9,11-14,17H,10,15-16H2,1-5H3. The van der Waals surface area contributed by atoms with Gasteiger partial charge in [0.25, 0.3) is 0 Å². The molecule has 0 spiro atoms. The second-order valence-corrected chi connectivity index (χ2v) is 15.1. The lowest BCUT2D eigenvalue weighted by Gasteiger charge is -2.36. The molecule has 0 aliphatic carbocycles. The summed E-state index contributed by atoms with van der Waals surface area (Å²) in [5, 5.41) is 0.120. The molecule has 4 nitrogen and oxygen atoms in total. The minimum atomic E-state index is -3.37. The summed E-state index contributed by atoms with van der Waals surface area (Å²) in [5.74, 6) is 1.26. The van der Waals surface area contributed by atoms with E-state index in [1.807, 2.05) is 30.3 Å². The van der Waals surface area contributed by atoms with Gasteiger partial charge >= 0.3 is 0 Å². The van der Waals surface area contributed by atoms with Crippen LogP contribution >= 0.6 is 0 Å². The fraction of sp³-hybridized carbons (Fsp3) is 0.429. The number of benzene rings is 2. The lowest BCUT2D eigenvalue weighted by atomic mass is 10.2. The van der Waals surface area contributed by atoms with Gasteiger partial charge in [-0.25, -0.2) is 8.42 Å². The Labute approximate surface area is 164 Å². The predicted octanol–water partition coefficient (Wildman–Crippen LogP) is 5.66. The van der Waals surface area contributed by atoms with Gasteiger partial charge in [0.1, 0.15) is 11.5 Å². The molecule has 148 valence electrons. The molecule has 0 aliphatic heterocycles. The van der Waals surface area contributed by atoms with Gasteiger partial charge in [-0.1, -0.05) is 45.0 Å². The van der Waals surface area contributed by atoms with Crippen molar-refractivity contribution in [3.8, 4) is 11.5 Å². The number of hydrogen-bond donors (Lipinski definition) is 0. The normalized spacial score (nSPS) is 12.8. The van der Waals surface area contributed by atoms with Crippen LogP contribution in [0.4, 0.5) is 0 Å². The lowest BCUT2D eigenvalue weighted by Crippen LogP contribution is -2.41. The van der Waals surface area contributed by atoms with E-state index >= 15 is 0 Å². The van der Waals surface area contributed by atoms with Gasteiger partial charge in [-0.15, -0.1) is 0 Å². The van der Waals surface area contributed by atoms with Gasteiger partial charge in [0.05, 0.1) is 10.6 Å². The molecule has 6 heteroatoms. The molecule has 0 saturated heterocycles. The molecule has 2 aromatic carbocycles. The van der Waals surface area contributed by atoms with Crippen LogP contribution in [0.5, 0.6) is 11.5 Å². The number of sulfone groups is 1. The van der Waals surface area contributed by atoms with Gasteiger partial charge < -0.3 is 9.16 Å². The summed E-state index contributed by atoms with van der Waals surface area (Å²) in [6.07, 6.45) is 0.485. The van der Waals surface area contributed by atoms with E-state index in [0.717, 1.165) is 0 Å². The summed E-state index contributed by atoms with van der Waals surface area (Å²) < 4.78 is 37.1. The molecule has 0 bridgehead atoms. The Morgan fingerprint density at radius 2 is 1.56 bits per heavy atom. The topological polar surface area (TPSA) is 52.6 Å². The van der Waals surface area contributed by atoms with Gasteiger partial charge in [-0.3, -0.25) is 0 Å². The molecule has 2 rings (SSSR count). The highest BCUT2D eigenvalue weighted by atomic mass is 32.2. The number of ether oxygens (including phenoxy) is 1. The molecular weight excluding hydrogens is 376 g/mol. The van der Waals surface area contributed by atoms with E-state index in [1.54, 1.807) is 24.3 Å².